The molecule has 0 radical (unpaired) electrons. The summed E-state index contributed by atoms with van der Waals surface area (Å²) in [5, 5.41) is 14.5. The van der Waals surface area contributed by atoms with Crippen LogP contribution in [0.15, 0.2) is 30.3 Å². The molecule has 0 bridgehead atoms. The number of benzene rings is 1. The van der Waals surface area contributed by atoms with Crippen molar-refractivity contribution >= 4 is 12.0 Å². The Morgan fingerprint density at radius 3 is 2.52 bits per heavy atom. The lowest BCUT2D eigenvalue weighted by atomic mass is 10.1. The molecule has 1 heterocycles. The number of carbonyl (C=O) groups is 2. The van der Waals surface area contributed by atoms with Crippen LogP contribution in [-0.4, -0.2) is 42.4 Å². The van der Waals surface area contributed by atoms with E-state index in [1.165, 1.54) is 0 Å². The molecule has 1 saturated heterocycles. The summed E-state index contributed by atoms with van der Waals surface area (Å²) in [7, 11) is 0. The molecular weight excluding hydrogens is 272 g/mol. The molecule has 21 heavy (non-hydrogen) atoms. The van der Waals surface area contributed by atoms with Gasteiger partial charge in [-0.05, 0) is 18.4 Å². The third-order valence-electron chi connectivity index (χ3n) is 3.44. The van der Waals surface area contributed by atoms with Gasteiger partial charge in [0.15, 0.2) is 0 Å². The number of rotatable bonds is 5. The lowest BCUT2D eigenvalue weighted by Gasteiger charge is -2.24. The average molecular weight is 292 g/mol. The molecule has 3 N–H and O–H groups in total. The molecule has 1 aromatic carbocycles. The highest BCUT2D eigenvalue weighted by Crippen LogP contribution is 2.07. The van der Waals surface area contributed by atoms with E-state index >= 15 is 0 Å². The second-order valence-electron chi connectivity index (χ2n) is 5.08. The van der Waals surface area contributed by atoms with Gasteiger partial charge in [-0.25, -0.2) is 9.59 Å². The summed E-state index contributed by atoms with van der Waals surface area (Å²) >= 11 is 0. The Morgan fingerprint density at radius 1 is 1.24 bits per heavy atom. The monoisotopic (exact) mass is 292 g/mol. The Kier molecular flexibility index (Phi) is 5.57. The van der Waals surface area contributed by atoms with Crippen LogP contribution in [0.4, 0.5) is 4.79 Å². The minimum Gasteiger partial charge on any atom is -0.480 e. The van der Waals surface area contributed by atoms with Gasteiger partial charge in [-0.1, -0.05) is 30.3 Å². The minimum atomic E-state index is -1.04. The van der Waals surface area contributed by atoms with E-state index in [2.05, 4.69) is 10.6 Å². The Labute approximate surface area is 123 Å². The van der Waals surface area contributed by atoms with Crippen molar-refractivity contribution in [3.63, 3.8) is 0 Å². The van der Waals surface area contributed by atoms with E-state index in [1.807, 2.05) is 30.3 Å². The molecule has 6 heteroatoms. The summed E-state index contributed by atoms with van der Waals surface area (Å²) in [6.45, 7) is 1.24. The van der Waals surface area contributed by atoms with E-state index in [0.717, 1.165) is 18.4 Å². The first-order chi connectivity index (χ1) is 10.1. The molecule has 1 aliphatic heterocycles. The Morgan fingerprint density at radius 2 is 1.90 bits per heavy atom. The van der Waals surface area contributed by atoms with Crippen molar-refractivity contribution in [2.75, 3.05) is 13.2 Å². The number of carboxylic acids is 1. The van der Waals surface area contributed by atoms with Gasteiger partial charge in [0.25, 0.3) is 0 Å². The third-order valence-corrected chi connectivity index (χ3v) is 3.44. The predicted molar refractivity (Wildman–Crippen MR) is 77.1 cm³/mol. The molecule has 2 amide bonds. The van der Waals surface area contributed by atoms with Crippen molar-refractivity contribution in [3.05, 3.63) is 35.9 Å². The van der Waals surface area contributed by atoms with Gasteiger partial charge in [-0.15, -0.1) is 0 Å². The molecule has 1 aliphatic rings. The van der Waals surface area contributed by atoms with Crippen molar-refractivity contribution in [2.45, 2.75) is 31.3 Å². The maximum Gasteiger partial charge on any atom is 0.326 e. The fourth-order valence-corrected chi connectivity index (χ4v) is 2.28. The van der Waals surface area contributed by atoms with Crippen molar-refractivity contribution < 1.29 is 19.4 Å². The molecule has 114 valence electrons. The highest BCUT2D eigenvalue weighted by Gasteiger charge is 2.22. The molecule has 1 fully saturated rings. The average Bonchev–Trinajstić information content (AvgIpc) is 2.48. The van der Waals surface area contributed by atoms with Crippen molar-refractivity contribution in [1.29, 1.82) is 0 Å². The van der Waals surface area contributed by atoms with Crippen LogP contribution in [0.1, 0.15) is 18.4 Å². The fraction of sp³-hybridized carbons (Fsp3) is 0.467. The van der Waals surface area contributed by atoms with Gasteiger partial charge in [0.2, 0.25) is 0 Å². The van der Waals surface area contributed by atoms with E-state index in [9.17, 15) is 14.7 Å². The topological polar surface area (TPSA) is 87.7 Å². The number of aliphatic carboxylic acids is 1. The SMILES string of the molecule is O=C(NC1CCOCC1)N[C@H](Cc1ccccc1)C(=O)O. The van der Waals surface area contributed by atoms with Crippen LogP contribution >= 0.6 is 0 Å². The molecule has 0 unspecified atom stereocenters. The first-order valence-electron chi connectivity index (χ1n) is 7.06. The van der Waals surface area contributed by atoms with Gasteiger partial charge in [-0.3, -0.25) is 0 Å². The van der Waals surface area contributed by atoms with Crippen LogP contribution in [0.3, 0.4) is 0 Å². The summed E-state index contributed by atoms with van der Waals surface area (Å²) in [5.41, 5.74) is 0.872. The second-order valence-corrected chi connectivity index (χ2v) is 5.08. The number of hydrogen-bond donors (Lipinski definition) is 3. The smallest absolute Gasteiger partial charge is 0.326 e. The number of ether oxygens (including phenoxy) is 1. The summed E-state index contributed by atoms with van der Waals surface area (Å²) in [4.78, 5) is 23.2. The first-order valence-corrected chi connectivity index (χ1v) is 7.06. The standard InChI is InChI=1S/C15H20N2O4/c18-14(19)13(10-11-4-2-1-3-5-11)17-15(20)16-12-6-8-21-9-7-12/h1-5,12-13H,6-10H2,(H,18,19)(H2,16,17,20)/t13-/m1/s1. The quantitative estimate of drug-likeness (QED) is 0.760. The van der Waals surface area contributed by atoms with Crippen molar-refractivity contribution in [1.82, 2.24) is 10.6 Å². The van der Waals surface area contributed by atoms with Crippen LogP contribution in [-0.2, 0) is 16.0 Å². The molecule has 1 aromatic rings. The van der Waals surface area contributed by atoms with E-state index in [1.54, 1.807) is 0 Å². The van der Waals surface area contributed by atoms with Crippen molar-refractivity contribution in [2.24, 2.45) is 0 Å². The maximum atomic E-state index is 11.9. The first kappa shape index (κ1) is 15.3. The molecule has 6 nitrogen and oxygen atoms in total. The molecule has 0 spiro atoms. The number of nitrogens with one attached hydrogen (secondary N) is 2. The Balaban J connectivity index is 1.86. The minimum absolute atomic E-state index is 0.0462. The van der Waals surface area contributed by atoms with Gasteiger partial charge < -0.3 is 20.5 Å². The Hall–Kier alpha value is -2.08. The number of carbonyl (C=O) groups excluding carboxylic acids is 1. The fourth-order valence-electron chi connectivity index (χ4n) is 2.28. The van der Waals surface area contributed by atoms with Crippen molar-refractivity contribution in [3.8, 4) is 0 Å². The summed E-state index contributed by atoms with van der Waals surface area (Å²) < 4.78 is 5.21. The zero-order chi connectivity index (χ0) is 15.1. The number of amides is 2. The summed E-state index contributed by atoms with van der Waals surface area (Å²) in [6.07, 6.45) is 1.77. The van der Waals surface area contributed by atoms with Crippen LogP contribution in [0, 0.1) is 0 Å². The molecule has 0 aromatic heterocycles. The van der Waals surface area contributed by atoms with Gasteiger partial charge in [-0.2, -0.15) is 0 Å². The van der Waals surface area contributed by atoms with Gasteiger partial charge in [0.1, 0.15) is 6.04 Å². The maximum absolute atomic E-state index is 11.9. The molecular formula is C15H20N2O4. The lowest BCUT2D eigenvalue weighted by molar-refractivity contribution is -0.139. The van der Waals surface area contributed by atoms with Gasteiger partial charge >= 0.3 is 12.0 Å². The van der Waals surface area contributed by atoms with Crippen LogP contribution in [0.5, 0.6) is 0 Å². The number of carboxylic acid groups (broad SMARTS) is 1. The molecule has 0 aliphatic carbocycles. The third kappa shape index (κ3) is 5.07. The lowest BCUT2D eigenvalue weighted by Crippen LogP contribution is -2.50. The number of hydrogen-bond acceptors (Lipinski definition) is 3. The molecule has 1 atom stereocenters. The van der Waals surface area contributed by atoms with Crippen LogP contribution in [0.25, 0.3) is 0 Å². The molecule has 2 rings (SSSR count). The summed E-state index contributed by atoms with van der Waals surface area (Å²) in [6, 6.07) is 7.90. The normalized spacial score (nSPS) is 17.0. The highest BCUT2D eigenvalue weighted by atomic mass is 16.5. The van der Waals surface area contributed by atoms with E-state index in [4.69, 9.17) is 4.74 Å². The second kappa shape index (κ2) is 7.64. The highest BCUT2D eigenvalue weighted by molar-refractivity contribution is 5.82. The van der Waals surface area contributed by atoms with E-state index < -0.39 is 18.0 Å². The predicted octanol–water partition coefficient (Wildman–Crippen LogP) is 1.16. The van der Waals surface area contributed by atoms with Gasteiger partial charge in [0.05, 0.1) is 0 Å². The summed E-state index contributed by atoms with van der Waals surface area (Å²) in [5.74, 6) is -1.04. The zero-order valence-electron chi connectivity index (χ0n) is 11.7. The van der Waals surface area contributed by atoms with E-state index in [-0.39, 0.29) is 12.5 Å². The Bertz CT molecular complexity index is 472. The largest absolute Gasteiger partial charge is 0.480 e. The van der Waals surface area contributed by atoms with Crippen LogP contribution in [0.2, 0.25) is 0 Å². The van der Waals surface area contributed by atoms with E-state index in [0.29, 0.717) is 13.2 Å². The van der Waals surface area contributed by atoms with Gasteiger partial charge in [0, 0.05) is 25.7 Å². The van der Waals surface area contributed by atoms with Crippen LogP contribution < -0.4 is 10.6 Å². The molecule has 0 saturated carbocycles. The zero-order valence-corrected chi connectivity index (χ0v) is 11.7. The number of urea groups is 1.